The van der Waals surface area contributed by atoms with E-state index in [-0.39, 0.29) is 0 Å². The van der Waals surface area contributed by atoms with Gasteiger partial charge in [-0.3, -0.25) is 4.98 Å². The normalized spacial score (nSPS) is 11.2. The predicted molar refractivity (Wildman–Crippen MR) is 83.4 cm³/mol. The number of aromatic nitrogens is 3. The van der Waals surface area contributed by atoms with Gasteiger partial charge in [0.05, 0.1) is 0 Å². The molecule has 0 saturated carbocycles. The summed E-state index contributed by atoms with van der Waals surface area (Å²) in [5, 5.41) is 0. The van der Waals surface area contributed by atoms with Crippen LogP contribution >= 0.6 is 0 Å². The minimum atomic E-state index is 0.546. The molecule has 0 unspecified atom stereocenters. The lowest BCUT2D eigenvalue weighted by Crippen LogP contribution is -2.11. The first-order valence-electron chi connectivity index (χ1n) is 7.30. The van der Waals surface area contributed by atoms with Crippen molar-refractivity contribution in [1.29, 1.82) is 0 Å². The molecule has 0 amide bonds. The summed E-state index contributed by atoms with van der Waals surface area (Å²) < 4.78 is 2.16. The molecule has 0 aliphatic carbocycles. The van der Waals surface area contributed by atoms with Gasteiger partial charge in [-0.2, -0.15) is 0 Å². The average molecular weight is 272 g/mol. The lowest BCUT2D eigenvalue weighted by molar-refractivity contribution is 0.510. The summed E-state index contributed by atoms with van der Waals surface area (Å²) in [7, 11) is 0. The third-order valence-electron chi connectivity index (χ3n) is 3.40. The van der Waals surface area contributed by atoms with E-state index in [2.05, 4.69) is 37.2 Å². The summed E-state index contributed by atoms with van der Waals surface area (Å²) in [5.41, 5.74) is 9.42. The van der Waals surface area contributed by atoms with E-state index in [9.17, 15) is 0 Å². The Morgan fingerprint density at radius 2 is 2.10 bits per heavy atom. The van der Waals surface area contributed by atoms with Gasteiger partial charge in [0.15, 0.2) is 0 Å². The smallest absolute Gasteiger partial charge is 0.131 e. The average Bonchev–Trinajstić information content (AvgIpc) is 2.68. The first kappa shape index (κ1) is 14.6. The number of hydrogen-bond donors (Lipinski definition) is 1. The van der Waals surface area contributed by atoms with Crippen molar-refractivity contribution in [2.75, 3.05) is 5.73 Å². The number of nitrogen functional groups attached to an aromatic ring is 1. The molecule has 0 bridgehead atoms. The molecule has 2 aromatic rings. The van der Waals surface area contributed by atoms with Crippen LogP contribution in [0.1, 0.15) is 38.6 Å². The Morgan fingerprint density at radius 1 is 1.35 bits per heavy atom. The largest absolute Gasteiger partial charge is 0.383 e. The minimum absolute atomic E-state index is 0.546. The second-order valence-corrected chi connectivity index (χ2v) is 5.71. The molecule has 0 atom stereocenters. The number of nitrogens with zero attached hydrogens (tertiary/aromatic N) is 3. The van der Waals surface area contributed by atoms with Gasteiger partial charge in [-0.15, -0.1) is 0 Å². The van der Waals surface area contributed by atoms with Crippen LogP contribution in [-0.2, 0) is 13.0 Å². The summed E-state index contributed by atoms with van der Waals surface area (Å²) in [6, 6.07) is 2.00. The molecule has 0 fully saturated rings. The van der Waals surface area contributed by atoms with Crippen molar-refractivity contribution in [1.82, 2.24) is 14.5 Å². The fourth-order valence-electron chi connectivity index (χ4n) is 2.41. The monoisotopic (exact) mass is 272 g/mol. The molecule has 0 aliphatic heterocycles. The van der Waals surface area contributed by atoms with Gasteiger partial charge in [-0.1, -0.05) is 20.8 Å². The quantitative estimate of drug-likeness (QED) is 0.907. The zero-order valence-corrected chi connectivity index (χ0v) is 12.8. The summed E-state index contributed by atoms with van der Waals surface area (Å²) in [6.45, 7) is 9.54. The second kappa shape index (κ2) is 6.07. The van der Waals surface area contributed by atoms with Crippen LogP contribution in [-0.4, -0.2) is 14.5 Å². The molecular weight excluding hydrogens is 248 g/mol. The van der Waals surface area contributed by atoms with Crippen molar-refractivity contribution < 1.29 is 0 Å². The van der Waals surface area contributed by atoms with Crippen molar-refractivity contribution in [3.05, 3.63) is 29.8 Å². The maximum absolute atomic E-state index is 6.36. The highest BCUT2D eigenvalue weighted by Crippen LogP contribution is 2.29. The van der Waals surface area contributed by atoms with Gasteiger partial charge in [0.1, 0.15) is 17.3 Å². The SMILES string of the molecule is CCCc1nc(-c2cnccc2C)c(N)n1CC(C)C. The van der Waals surface area contributed by atoms with Crippen LogP contribution in [0.15, 0.2) is 18.5 Å². The molecule has 4 heteroatoms. The first-order chi connectivity index (χ1) is 9.54. The van der Waals surface area contributed by atoms with Crippen LogP contribution in [0.3, 0.4) is 0 Å². The second-order valence-electron chi connectivity index (χ2n) is 5.71. The van der Waals surface area contributed by atoms with Crippen molar-refractivity contribution in [3.63, 3.8) is 0 Å². The lowest BCUT2D eigenvalue weighted by atomic mass is 10.1. The van der Waals surface area contributed by atoms with E-state index in [0.29, 0.717) is 5.92 Å². The number of nitrogens with two attached hydrogens (primary N) is 1. The van der Waals surface area contributed by atoms with Crippen molar-refractivity contribution >= 4 is 5.82 Å². The number of pyridine rings is 1. The molecular formula is C16H24N4. The summed E-state index contributed by atoms with van der Waals surface area (Å²) in [6.07, 6.45) is 5.67. The van der Waals surface area contributed by atoms with Crippen molar-refractivity contribution in [3.8, 4) is 11.3 Å². The number of rotatable bonds is 5. The van der Waals surface area contributed by atoms with E-state index in [1.165, 1.54) is 0 Å². The van der Waals surface area contributed by atoms with Crippen LogP contribution < -0.4 is 5.73 Å². The Bertz CT molecular complexity index is 584. The van der Waals surface area contributed by atoms with E-state index >= 15 is 0 Å². The molecule has 0 radical (unpaired) electrons. The molecule has 108 valence electrons. The van der Waals surface area contributed by atoms with Crippen molar-refractivity contribution in [2.45, 2.75) is 47.1 Å². The summed E-state index contributed by atoms with van der Waals surface area (Å²) in [4.78, 5) is 8.99. The zero-order chi connectivity index (χ0) is 14.7. The first-order valence-corrected chi connectivity index (χ1v) is 7.30. The maximum Gasteiger partial charge on any atom is 0.131 e. The predicted octanol–water partition coefficient (Wildman–Crippen LogP) is 3.44. The molecule has 2 N–H and O–H groups in total. The Labute approximate surface area is 121 Å². The summed E-state index contributed by atoms with van der Waals surface area (Å²) >= 11 is 0. The fourth-order valence-corrected chi connectivity index (χ4v) is 2.41. The highest BCUT2D eigenvalue weighted by Gasteiger charge is 2.17. The van der Waals surface area contributed by atoms with Crippen LogP contribution in [0.2, 0.25) is 0 Å². The number of anilines is 1. The molecule has 2 aromatic heterocycles. The Balaban J connectivity index is 2.52. The van der Waals surface area contributed by atoms with Gasteiger partial charge in [0, 0.05) is 30.9 Å². The van der Waals surface area contributed by atoms with Crippen LogP contribution in [0.4, 0.5) is 5.82 Å². The Hall–Kier alpha value is -1.84. The standard InChI is InChI=1S/C16H24N4/c1-5-6-14-19-15(13-9-18-8-7-12(13)4)16(17)20(14)10-11(2)3/h7-9,11H,5-6,10,17H2,1-4H3. The Kier molecular flexibility index (Phi) is 4.42. The van der Waals surface area contributed by atoms with Gasteiger partial charge in [-0.05, 0) is 30.9 Å². The molecule has 0 spiro atoms. The third kappa shape index (κ3) is 2.84. The molecule has 2 rings (SSSR count). The molecule has 2 heterocycles. The van der Waals surface area contributed by atoms with Crippen molar-refractivity contribution in [2.24, 2.45) is 5.92 Å². The van der Waals surface area contributed by atoms with Crippen LogP contribution in [0.25, 0.3) is 11.3 Å². The highest BCUT2D eigenvalue weighted by atomic mass is 15.1. The number of hydrogen-bond acceptors (Lipinski definition) is 3. The van der Waals surface area contributed by atoms with E-state index in [4.69, 9.17) is 10.7 Å². The zero-order valence-electron chi connectivity index (χ0n) is 12.8. The van der Waals surface area contributed by atoms with Gasteiger partial charge in [0.25, 0.3) is 0 Å². The minimum Gasteiger partial charge on any atom is -0.383 e. The Morgan fingerprint density at radius 3 is 2.70 bits per heavy atom. The van der Waals surface area contributed by atoms with E-state index in [0.717, 1.165) is 47.8 Å². The van der Waals surface area contributed by atoms with Gasteiger partial charge < -0.3 is 10.3 Å². The van der Waals surface area contributed by atoms with E-state index in [1.54, 1.807) is 6.20 Å². The third-order valence-corrected chi connectivity index (χ3v) is 3.40. The van der Waals surface area contributed by atoms with E-state index in [1.807, 2.05) is 12.3 Å². The molecule has 20 heavy (non-hydrogen) atoms. The number of aryl methyl sites for hydroxylation is 2. The van der Waals surface area contributed by atoms with E-state index < -0.39 is 0 Å². The fraction of sp³-hybridized carbons (Fsp3) is 0.500. The topological polar surface area (TPSA) is 56.7 Å². The van der Waals surface area contributed by atoms with Crippen LogP contribution in [0.5, 0.6) is 0 Å². The molecule has 4 nitrogen and oxygen atoms in total. The number of imidazole rings is 1. The maximum atomic E-state index is 6.36. The van der Waals surface area contributed by atoms with Gasteiger partial charge in [0.2, 0.25) is 0 Å². The van der Waals surface area contributed by atoms with Crippen LogP contribution in [0, 0.1) is 12.8 Å². The molecule has 0 aliphatic rings. The molecule has 0 saturated heterocycles. The van der Waals surface area contributed by atoms with Gasteiger partial charge >= 0.3 is 0 Å². The lowest BCUT2D eigenvalue weighted by Gasteiger charge is -2.12. The molecule has 0 aromatic carbocycles. The van der Waals surface area contributed by atoms with Gasteiger partial charge in [-0.25, -0.2) is 4.98 Å². The summed E-state index contributed by atoms with van der Waals surface area (Å²) in [5.74, 6) is 2.39. The highest BCUT2D eigenvalue weighted by molar-refractivity contribution is 5.72.